The summed E-state index contributed by atoms with van der Waals surface area (Å²) in [5.41, 5.74) is 6.29. The molecule has 1 amide bonds. The Kier molecular flexibility index (Phi) is 7.84. The molecule has 1 aliphatic rings. The lowest BCUT2D eigenvalue weighted by atomic mass is 9.97. The van der Waals surface area contributed by atoms with Gasteiger partial charge in [-0.25, -0.2) is 0 Å². The van der Waals surface area contributed by atoms with E-state index in [2.05, 4.69) is 20.4 Å². The summed E-state index contributed by atoms with van der Waals surface area (Å²) in [5.74, 6) is 1.15. The zero-order valence-corrected chi connectivity index (χ0v) is 15.9. The number of hydrogen-bond donors (Lipinski definition) is 2. The summed E-state index contributed by atoms with van der Waals surface area (Å²) < 4.78 is 5.36. The largest absolute Gasteiger partial charge is 0.355 e. The summed E-state index contributed by atoms with van der Waals surface area (Å²) in [5, 5.41) is 7.56. The lowest BCUT2D eigenvalue weighted by Gasteiger charge is -2.30. The Bertz CT molecular complexity index is 707. The molecule has 1 aromatic carbocycles. The van der Waals surface area contributed by atoms with Crippen molar-refractivity contribution in [2.75, 3.05) is 26.2 Å². The second-order valence-electron chi connectivity index (χ2n) is 6.17. The predicted molar refractivity (Wildman–Crippen MR) is 102 cm³/mol. The fraction of sp³-hybridized carbons (Fsp3) is 0.471. The van der Waals surface area contributed by atoms with Gasteiger partial charge in [0, 0.05) is 30.2 Å². The van der Waals surface area contributed by atoms with Crippen molar-refractivity contribution < 1.29 is 9.32 Å². The number of nitrogens with zero attached hydrogens (tertiary/aromatic N) is 3. The van der Waals surface area contributed by atoms with Crippen molar-refractivity contribution in [3.8, 4) is 11.4 Å². The number of nitrogens with two attached hydrogens (primary N) is 1. The second kappa shape index (κ2) is 9.87. The van der Waals surface area contributed by atoms with Gasteiger partial charge in [-0.2, -0.15) is 4.98 Å². The van der Waals surface area contributed by atoms with Crippen LogP contribution in [0.5, 0.6) is 0 Å². The van der Waals surface area contributed by atoms with Gasteiger partial charge in [0.2, 0.25) is 17.6 Å². The lowest BCUT2D eigenvalue weighted by Crippen LogP contribution is -2.43. The highest BCUT2D eigenvalue weighted by Gasteiger charge is 2.26. The molecule has 1 saturated heterocycles. The first-order valence-electron chi connectivity index (χ1n) is 8.44. The van der Waals surface area contributed by atoms with Crippen molar-refractivity contribution in [2.45, 2.75) is 19.4 Å². The molecule has 0 radical (unpaired) electrons. The molecule has 1 aromatic heterocycles. The van der Waals surface area contributed by atoms with E-state index in [4.69, 9.17) is 21.9 Å². The van der Waals surface area contributed by atoms with E-state index >= 15 is 0 Å². The highest BCUT2D eigenvalue weighted by Crippen LogP contribution is 2.21. The second-order valence-corrected chi connectivity index (χ2v) is 6.61. The van der Waals surface area contributed by atoms with Gasteiger partial charge in [-0.15, -0.1) is 12.4 Å². The van der Waals surface area contributed by atoms with Gasteiger partial charge < -0.3 is 15.6 Å². The SMILES string of the molecule is Cl.NCCNC(=O)C1CCCN(Cc2nc(-c3ccc(Cl)cc3)no2)C1. The summed E-state index contributed by atoms with van der Waals surface area (Å²) in [4.78, 5) is 18.7. The molecule has 7 nitrogen and oxygen atoms in total. The number of likely N-dealkylation sites (tertiary alicyclic amines) is 1. The van der Waals surface area contributed by atoms with Crippen LogP contribution in [-0.4, -0.2) is 47.1 Å². The minimum atomic E-state index is -0.0149. The smallest absolute Gasteiger partial charge is 0.241 e. The van der Waals surface area contributed by atoms with Gasteiger partial charge in [0.25, 0.3) is 0 Å². The first kappa shape index (κ1) is 20.6. The predicted octanol–water partition coefficient (Wildman–Crippen LogP) is 2.10. The van der Waals surface area contributed by atoms with Crippen LogP contribution in [0.1, 0.15) is 18.7 Å². The Morgan fingerprint density at radius 1 is 1.38 bits per heavy atom. The normalized spacial score (nSPS) is 17.5. The Balaban J connectivity index is 0.00000243. The molecule has 3 N–H and O–H groups in total. The molecular formula is C17H23Cl2N5O2. The van der Waals surface area contributed by atoms with Gasteiger partial charge in [0.1, 0.15) is 0 Å². The van der Waals surface area contributed by atoms with E-state index in [1.165, 1.54) is 0 Å². The summed E-state index contributed by atoms with van der Waals surface area (Å²) in [7, 11) is 0. The summed E-state index contributed by atoms with van der Waals surface area (Å²) >= 11 is 5.89. The standard InChI is InChI=1S/C17H22ClN5O2.ClH/c18-14-5-3-12(4-6-14)16-21-15(25-22-16)11-23-9-1-2-13(10-23)17(24)20-8-7-19;/h3-6,13H,1-2,7-11,19H2,(H,20,24);1H. The molecule has 0 bridgehead atoms. The molecule has 1 fully saturated rings. The molecule has 0 saturated carbocycles. The summed E-state index contributed by atoms with van der Waals surface area (Å²) in [6.07, 6.45) is 1.87. The fourth-order valence-electron chi connectivity index (χ4n) is 2.98. The minimum absolute atomic E-state index is 0. The van der Waals surface area contributed by atoms with E-state index in [9.17, 15) is 4.79 Å². The maximum atomic E-state index is 12.1. The topological polar surface area (TPSA) is 97.3 Å². The van der Waals surface area contributed by atoms with Gasteiger partial charge in [-0.3, -0.25) is 9.69 Å². The van der Waals surface area contributed by atoms with Crippen LogP contribution in [0.2, 0.25) is 5.02 Å². The monoisotopic (exact) mass is 399 g/mol. The van der Waals surface area contributed by atoms with E-state index in [1.807, 2.05) is 12.1 Å². The van der Waals surface area contributed by atoms with Crippen molar-refractivity contribution in [2.24, 2.45) is 11.7 Å². The molecule has 26 heavy (non-hydrogen) atoms. The van der Waals surface area contributed by atoms with Crippen LogP contribution in [0, 0.1) is 5.92 Å². The van der Waals surface area contributed by atoms with Crippen molar-refractivity contribution in [3.05, 3.63) is 35.2 Å². The Labute approximate surface area is 163 Å². The third-order valence-corrected chi connectivity index (χ3v) is 4.50. The molecule has 3 rings (SSSR count). The van der Waals surface area contributed by atoms with Gasteiger partial charge in [0.15, 0.2) is 0 Å². The molecule has 0 spiro atoms. The third kappa shape index (κ3) is 5.41. The maximum absolute atomic E-state index is 12.1. The van der Waals surface area contributed by atoms with Crippen LogP contribution < -0.4 is 11.1 Å². The van der Waals surface area contributed by atoms with Crippen LogP contribution in [0.3, 0.4) is 0 Å². The Morgan fingerprint density at radius 2 is 2.15 bits per heavy atom. The molecule has 1 unspecified atom stereocenters. The molecule has 9 heteroatoms. The van der Waals surface area contributed by atoms with Crippen molar-refractivity contribution in [3.63, 3.8) is 0 Å². The van der Waals surface area contributed by atoms with E-state index < -0.39 is 0 Å². The van der Waals surface area contributed by atoms with E-state index in [0.717, 1.165) is 24.9 Å². The van der Waals surface area contributed by atoms with Gasteiger partial charge in [0.05, 0.1) is 12.5 Å². The number of halogens is 2. The van der Waals surface area contributed by atoms with Crippen LogP contribution in [0.4, 0.5) is 0 Å². The molecule has 2 heterocycles. The summed E-state index contributed by atoms with van der Waals surface area (Å²) in [6, 6.07) is 7.30. The number of carbonyl (C=O) groups excluding carboxylic acids is 1. The number of amides is 1. The van der Waals surface area contributed by atoms with Gasteiger partial charge >= 0.3 is 0 Å². The highest BCUT2D eigenvalue weighted by atomic mass is 35.5. The van der Waals surface area contributed by atoms with Crippen LogP contribution in [0.25, 0.3) is 11.4 Å². The number of nitrogens with one attached hydrogen (secondary N) is 1. The van der Waals surface area contributed by atoms with Crippen LogP contribution >= 0.6 is 24.0 Å². The molecular weight excluding hydrogens is 377 g/mol. The Hall–Kier alpha value is -1.67. The number of aromatic nitrogens is 2. The molecule has 0 aliphatic carbocycles. The first-order valence-corrected chi connectivity index (χ1v) is 8.82. The fourth-order valence-corrected chi connectivity index (χ4v) is 3.11. The van der Waals surface area contributed by atoms with E-state index in [1.54, 1.807) is 12.1 Å². The number of hydrogen-bond acceptors (Lipinski definition) is 6. The van der Waals surface area contributed by atoms with Crippen molar-refractivity contribution in [1.82, 2.24) is 20.4 Å². The summed E-state index contributed by atoms with van der Waals surface area (Å²) in [6.45, 7) is 3.12. The number of carbonyl (C=O) groups is 1. The quantitative estimate of drug-likeness (QED) is 0.771. The van der Waals surface area contributed by atoms with Gasteiger partial charge in [-0.05, 0) is 43.7 Å². The minimum Gasteiger partial charge on any atom is -0.355 e. The van der Waals surface area contributed by atoms with Crippen molar-refractivity contribution in [1.29, 1.82) is 0 Å². The number of benzene rings is 1. The third-order valence-electron chi connectivity index (χ3n) is 4.25. The van der Waals surface area contributed by atoms with E-state index in [-0.39, 0.29) is 24.2 Å². The molecule has 1 aliphatic heterocycles. The van der Waals surface area contributed by atoms with E-state index in [0.29, 0.717) is 42.9 Å². The highest BCUT2D eigenvalue weighted by molar-refractivity contribution is 6.30. The average molecular weight is 400 g/mol. The van der Waals surface area contributed by atoms with Gasteiger partial charge in [-0.1, -0.05) is 16.8 Å². The lowest BCUT2D eigenvalue weighted by molar-refractivity contribution is -0.126. The van der Waals surface area contributed by atoms with Crippen LogP contribution in [0.15, 0.2) is 28.8 Å². The van der Waals surface area contributed by atoms with Crippen molar-refractivity contribution >= 4 is 29.9 Å². The molecule has 2 aromatic rings. The zero-order valence-electron chi connectivity index (χ0n) is 14.4. The number of rotatable bonds is 6. The molecule has 1 atom stereocenters. The average Bonchev–Trinajstić information content (AvgIpc) is 3.09. The Morgan fingerprint density at radius 3 is 2.88 bits per heavy atom. The molecule has 142 valence electrons. The maximum Gasteiger partial charge on any atom is 0.241 e. The number of piperidine rings is 1. The zero-order chi connectivity index (χ0) is 17.6. The van der Waals surface area contributed by atoms with Crippen LogP contribution in [-0.2, 0) is 11.3 Å². The first-order chi connectivity index (χ1) is 12.2.